The number of aromatic nitrogens is 1. The molecule has 2 fully saturated rings. The molecule has 7 rings (SSSR count). The molecular weight excluding hydrogens is 1540 g/mol. The molecule has 638 valence electrons. The van der Waals surface area contributed by atoms with Crippen molar-refractivity contribution in [3.05, 3.63) is 53.1 Å². The number of unbranched alkanes of at least 4 members (excludes halogenated alkanes) is 3. The number of nitrogens with zero attached hydrogens (tertiary/aromatic N) is 2. The van der Waals surface area contributed by atoms with Crippen molar-refractivity contribution >= 4 is 98.7 Å². The number of carboxylic acid groups (broad SMARTS) is 1. The molecule has 4 aliphatic rings. The molecule has 0 spiro atoms. The number of aliphatic hydroxyl groups excluding tert-OH is 6. The molecule has 2 aromatic carbocycles. The molecule has 16 atom stereocenters. The molecule has 10 amide bonds. The summed E-state index contributed by atoms with van der Waals surface area (Å²) < 4.78 is 54.1. The number of carboxylic acids is 1. The Labute approximate surface area is 664 Å². The fourth-order valence-corrected chi connectivity index (χ4v) is 14.5. The van der Waals surface area contributed by atoms with E-state index in [-0.39, 0.29) is 92.3 Å². The summed E-state index contributed by atoms with van der Waals surface area (Å²) in [6, 6.07) is 2.38. The number of carbonyl (C=O) groups excluding carboxylic acids is 12. The highest BCUT2D eigenvalue weighted by molar-refractivity contribution is 7.85. The van der Waals surface area contributed by atoms with E-state index in [0.29, 0.717) is 43.2 Å². The number of ketones is 2. The first-order valence-electron chi connectivity index (χ1n) is 37.8. The average molecular weight is 1650 g/mol. The predicted molar refractivity (Wildman–Crippen MR) is 400 cm³/mol. The van der Waals surface area contributed by atoms with Gasteiger partial charge in [-0.15, -0.1) is 0 Å². The first-order chi connectivity index (χ1) is 54.5. The van der Waals surface area contributed by atoms with E-state index in [2.05, 4.69) is 42.4 Å². The normalized spacial score (nSPS) is 25.1. The Morgan fingerprint density at radius 3 is 2.17 bits per heavy atom. The third-order valence-corrected chi connectivity index (χ3v) is 21.0. The highest BCUT2D eigenvalue weighted by atomic mass is 32.2. The van der Waals surface area contributed by atoms with Crippen LogP contribution in [0.2, 0.25) is 0 Å². The first-order valence-corrected chi connectivity index (χ1v) is 39.2. The number of hydrogen-bond donors (Lipinski definition) is 16. The van der Waals surface area contributed by atoms with Crippen LogP contribution in [0.1, 0.15) is 121 Å². The van der Waals surface area contributed by atoms with Crippen LogP contribution in [-0.2, 0) is 100 Å². The van der Waals surface area contributed by atoms with Gasteiger partial charge in [0.1, 0.15) is 59.1 Å². The molecule has 17 N–H and O–H groups in total. The largest absolute Gasteiger partial charge is 0.494 e. The van der Waals surface area contributed by atoms with Gasteiger partial charge in [0.05, 0.1) is 117 Å². The Morgan fingerprint density at radius 1 is 0.791 bits per heavy atom. The van der Waals surface area contributed by atoms with Gasteiger partial charge >= 0.3 is 18.2 Å². The molecule has 40 nitrogen and oxygen atoms in total. The Morgan fingerprint density at radius 2 is 1.48 bits per heavy atom. The van der Waals surface area contributed by atoms with Gasteiger partial charge in [-0.25, -0.2) is 14.4 Å². The summed E-state index contributed by atoms with van der Waals surface area (Å²) in [6.45, 7) is 7.14. The van der Waals surface area contributed by atoms with Crippen LogP contribution >= 0.6 is 0 Å². The molecule has 3 aromatic rings. The summed E-state index contributed by atoms with van der Waals surface area (Å²) in [7, 11) is -0.903. The van der Waals surface area contributed by atoms with E-state index in [4.69, 9.17) is 43.7 Å². The second-order valence-electron chi connectivity index (χ2n) is 29.6. The maximum Gasteiger partial charge on any atom is 0.431 e. The molecule has 115 heavy (non-hydrogen) atoms. The highest BCUT2D eigenvalue weighted by Gasteiger charge is 2.49. The smallest absolute Gasteiger partial charge is 0.431 e. The summed E-state index contributed by atoms with van der Waals surface area (Å²) in [5, 5.41) is 88.5. The number of hydroxylamine groups is 1. The van der Waals surface area contributed by atoms with Crippen LogP contribution in [0, 0.1) is 23.7 Å². The van der Waals surface area contributed by atoms with Gasteiger partial charge in [-0.3, -0.25) is 57.0 Å². The van der Waals surface area contributed by atoms with E-state index in [1.807, 2.05) is 0 Å². The van der Waals surface area contributed by atoms with E-state index >= 15 is 4.21 Å². The molecule has 2 unspecified atom stereocenters. The van der Waals surface area contributed by atoms with Crippen molar-refractivity contribution in [2.45, 2.75) is 190 Å². The number of carbonyl (C=O) groups is 13. The third kappa shape index (κ3) is 27.3. The lowest BCUT2D eigenvalue weighted by Gasteiger charge is -2.38. The molecule has 41 heteroatoms. The van der Waals surface area contributed by atoms with E-state index in [0.717, 1.165) is 4.90 Å². The second-order valence-corrected chi connectivity index (χ2v) is 31.0. The first kappa shape index (κ1) is 92.6. The van der Waals surface area contributed by atoms with Crippen LogP contribution in [0.5, 0.6) is 11.5 Å². The number of aliphatic carboxylic acids is 1. The Balaban J connectivity index is 1.04. The number of hydrogen-bond acceptors (Lipinski definition) is 28. The zero-order valence-electron chi connectivity index (χ0n) is 65.1. The summed E-state index contributed by atoms with van der Waals surface area (Å²) in [4.78, 5) is 189. The zero-order valence-corrected chi connectivity index (χ0v) is 65.9. The highest BCUT2D eigenvalue weighted by Crippen LogP contribution is 2.34. The second kappa shape index (κ2) is 44.0. The zero-order chi connectivity index (χ0) is 84.5. The number of nitrogens with one attached hydrogen (secondary N) is 8. The molecule has 2 saturated heterocycles. The lowest BCUT2D eigenvalue weighted by molar-refractivity contribution is -0.271. The quantitative estimate of drug-likeness (QED) is 0.0229. The maximum absolute atomic E-state index is 15.3. The number of benzene rings is 2. The predicted octanol–water partition coefficient (Wildman–Crippen LogP) is -2.75. The monoisotopic (exact) mass is 1650 g/mol. The third-order valence-electron chi connectivity index (χ3n) is 19.6. The van der Waals surface area contributed by atoms with Gasteiger partial charge < -0.3 is 121 Å². The van der Waals surface area contributed by atoms with Crippen molar-refractivity contribution in [2.24, 2.45) is 29.4 Å². The van der Waals surface area contributed by atoms with Crippen LogP contribution in [0.15, 0.2) is 41.4 Å². The number of Topliss-reactive ketones (excluding diaryl/α,β-unsaturated/α-hetero) is 2. The number of amides is 10. The minimum Gasteiger partial charge on any atom is -0.494 e. The van der Waals surface area contributed by atoms with Crippen LogP contribution in [0.4, 0.5) is 9.59 Å². The van der Waals surface area contributed by atoms with Gasteiger partial charge in [-0.2, -0.15) is 5.48 Å². The van der Waals surface area contributed by atoms with Crippen molar-refractivity contribution in [3.63, 3.8) is 0 Å². The summed E-state index contributed by atoms with van der Waals surface area (Å²) in [5.41, 5.74) is 7.53. The number of rotatable bonds is 31. The number of H-pyrrole nitrogens is 1. The summed E-state index contributed by atoms with van der Waals surface area (Å²) in [5.74, 6) is -16.7. The number of nitrogens with two attached hydrogens (primary N) is 1. The Bertz CT molecular complexity index is 3950. The standard InChI is InChI=1S/C74H107N11O29S/c1-8-38(2)58-67(100)78-32-56(92)79-49-37-115(106)68-46(26-41(64(97)77-33-57(93)81-58)27-52(89)59(39(3)53(90)35-86)82-66(99)50-30-43(87)34-85(50)69(101)42(28-51(49)88)29-55(75)91)45-15-14-44(31-48(45)80-68)109-19-12-10-9-11-18-84(7)73(105)110-36-40-13-16-54(112-71-62(96)60(94)61(95)63(113-71)70(102)103)47(25-40)65(98)76-17-20-107-21-22-108-23-24-111-83-72(104)114-74(4,5)6/h13-16,25,31,38-39,41-43,49-50,53,58-63,71,80,86-87,90,94-96H,8-12,17-24,26-30,32-37H2,1-7H3,(H2,75,91)(H,76,98)(H,77,97)(H,78,100)(H,79,92)(H,81,93)(H,82,99)(H,83,104)(H,102,103)/t38-,39-,41+,42-,43+,49-,50-,53-,58-,59-,60-,61-,62+,63-,71?,115?/m0/s1. The average Bonchev–Trinajstić information content (AvgIpc) is 1.64. The lowest BCUT2D eigenvalue weighted by atomic mass is 9.85. The molecular formula is C74H107N11O29S. The summed E-state index contributed by atoms with van der Waals surface area (Å²) in [6.07, 6.45) is -15.2. The van der Waals surface area contributed by atoms with Crippen molar-refractivity contribution < 1.29 is 140 Å². The van der Waals surface area contributed by atoms with Gasteiger partial charge in [0.25, 0.3) is 5.91 Å². The Kier molecular flexibility index (Phi) is 35.4. The van der Waals surface area contributed by atoms with E-state index in [1.165, 1.54) is 37.1 Å². The minimum atomic E-state index is -2.41. The van der Waals surface area contributed by atoms with E-state index in [1.54, 1.807) is 52.8 Å². The fraction of sp³-hybridized carbons (Fsp3) is 0.635. The van der Waals surface area contributed by atoms with E-state index < -0.39 is 248 Å². The number of fused-ring (bicyclic) bond motifs is 5. The maximum atomic E-state index is 15.3. The number of aliphatic hydroxyl groups is 6. The molecule has 0 aliphatic carbocycles. The Hall–Kier alpha value is -9.56. The van der Waals surface area contributed by atoms with Crippen molar-refractivity contribution in [1.82, 2.24) is 52.2 Å². The number of aromatic amines is 1. The molecule has 2 bridgehead atoms. The number of ether oxygens (including phenoxy) is 7. The molecule has 0 radical (unpaired) electrons. The minimum absolute atomic E-state index is 0.00415. The number of primary amides is 1. The van der Waals surface area contributed by atoms with Crippen molar-refractivity contribution in [2.75, 3.05) is 91.8 Å². The van der Waals surface area contributed by atoms with Crippen LogP contribution in [-0.4, -0.2) is 296 Å². The van der Waals surface area contributed by atoms with Gasteiger partial charge in [-0.1, -0.05) is 46.1 Å². The molecule has 1 aromatic heterocycles. The fourth-order valence-electron chi connectivity index (χ4n) is 13.1. The molecule has 5 heterocycles. The van der Waals surface area contributed by atoms with Crippen LogP contribution < -0.4 is 52.6 Å². The summed E-state index contributed by atoms with van der Waals surface area (Å²) >= 11 is 0. The van der Waals surface area contributed by atoms with Gasteiger partial charge in [-0.05, 0) is 81.3 Å². The van der Waals surface area contributed by atoms with Crippen LogP contribution in [0.25, 0.3) is 10.9 Å². The van der Waals surface area contributed by atoms with Crippen LogP contribution in [0.3, 0.4) is 0 Å². The van der Waals surface area contributed by atoms with Crippen molar-refractivity contribution in [3.8, 4) is 11.5 Å². The van der Waals surface area contributed by atoms with Gasteiger partial charge in [0.2, 0.25) is 47.6 Å². The van der Waals surface area contributed by atoms with Crippen molar-refractivity contribution in [1.29, 1.82) is 0 Å². The molecule has 0 saturated carbocycles. The van der Waals surface area contributed by atoms with Gasteiger partial charge in [0, 0.05) is 75.7 Å². The topological polar surface area (TPSA) is 587 Å². The van der Waals surface area contributed by atoms with Gasteiger partial charge in [0.15, 0.2) is 17.7 Å². The molecule has 4 aliphatic heterocycles. The van der Waals surface area contributed by atoms with E-state index in [9.17, 15) is 98.1 Å². The lowest BCUT2D eigenvalue weighted by Crippen LogP contribution is -2.61. The SMILES string of the molecule is CC[C@H](C)[C@@H]1NC(=O)CNC(=O)[C@H]2CC(=O)[C@H]([C@@H](C)[C@@H](O)CO)NC(=O)[C@@H]3C[C@@H](O)CN3C(=O)[C@H](CC(N)=O)CC(=O)[C@H](CS(=O)c3[nH]c4cc(OCCCCCCN(C)C(=O)OCc5ccc(OC6O[C@H](C(=O)O)[C@@H](O)[C@H](O)[C@H]6O)c(C(=O)NCCOCCOCCONC(=O)OC(C)(C)C)c5)ccc4c3C2)NC(=O)CNC1=O.